The first-order valence-electron chi connectivity index (χ1n) is 9.63. The van der Waals surface area contributed by atoms with Crippen molar-refractivity contribution in [2.75, 3.05) is 33.9 Å². The SMILES string of the molecule is CN=C(NCCc1nc(-c2ccco2)n[nH]1)NCC1(CCOC)CCCC1.I. The maximum Gasteiger partial charge on any atom is 0.216 e. The maximum absolute atomic E-state index is 5.31. The van der Waals surface area contributed by atoms with E-state index >= 15 is 0 Å². The molecular weight excluding hydrogens is 471 g/mol. The summed E-state index contributed by atoms with van der Waals surface area (Å²) >= 11 is 0. The lowest BCUT2D eigenvalue weighted by molar-refractivity contribution is 0.138. The zero-order valence-electron chi connectivity index (χ0n) is 16.7. The molecule has 1 aliphatic rings. The van der Waals surface area contributed by atoms with Gasteiger partial charge in [0.15, 0.2) is 11.7 Å². The number of halogens is 1. The summed E-state index contributed by atoms with van der Waals surface area (Å²) in [4.78, 5) is 8.79. The molecule has 2 heterocycles. The molecule has 0 aliphatic heterocycles. The van der Waals surface area contributed by atoms with Crippen LogP contribution in [0.3, 0.4) is 0 Å². The molecule has 8 nitrogen and oxygen atoms in total. The lowest BCUT2D eigenvalue weighted by Gasteiger charge is -2.29. The van der Waals surface area contributed by atoms with Crippen LogP contribution in [0.4, 0.5) is 0 Å². The fourth-order valence-electron chi connectivity index (χ4n) is 3.67. The minimum atomic E-state index is 0. The van der Waals surface area contributed by atoms with Gasteiger partial charge in [-0.3, -0.25) is 10.1 Å². The Morgan fingerprint density at radius 1 is 1.36 bits per heavy atom. The number of H-pyrrole nitrogens is 1. The molecule has 3 N–H and O–H groups in total. The van der Waals surface area contributed by atoms with E-state index in [1.54, 1.807) is 20.4 Å². The third kappa shape index (κ3) is 6.20. The molecule has 1 aliphatic carbocycles. The van der Waals surface area contributed by atoms with Crippen LogP contribution < -0.4 is 10.6 Å². The number of aromatic amines is 1. The number of furan rings is 1. The van der Waals surface area contributed by atoms with Crippen molar-refractivity contribution in [1.29, 1.82) is 0 Å². The van der Waals surface area contributed by atoms with Crippen molar-refractivity contribution in [2.45, 2.75) is 38.5 Å². The molecule has 28 heavy (non-hydrogen) atoms. The van der Waals surface area contributed by atoms with E-state index in [1.807, 2.05) is 12.1 Å². The summed E-state index contributed by atoms with van der Waals surface area (Å²) in [7, 11) is 3.58. The number of hydrogen-bond acceptors (Lipinski definition) is 5. The second-order valence-electron chi connectivity index (χ2n) is 7.14. The molecule has 3 rings (SSSR count). The van der Waals surface area contributed by atoms with Crippen molar-refractivity contribution in [3.63, 3.8) is 0 Å². The monoisotopic (exact) mass is 502 g/mol. The van der Waals surface area contributed by atoms with Crippen LogP contribution >= 0.6 is 24.0 Å². The summed E-state index contributed by atoms with van der Waals surface area (Å²) < 4.78 is 10.6. The van der Waals surface area contributed by atoms with Gasteiger partial charge in [-0.2, -0.15) is 5.10 Å². The van der Waals surface area contributed by atoms with Crippen molar-refractivity contribution >= 4 is 29.9 Å². The first kappa shape index (κ1) is 22.7. The zero-order valence-corrected chi connectivity index (χ0v) is 19.0. The van der Waals surface area contributed by atoms with Crippen molar-refractivity contribution in [3.05, 3.63) is 24.2 Å². The topological polar surface area (TPSA) is 100 Å². The summed E-state index contributed by atoms with van der Waals surface area (Å²) in [5.41, 5.74) is 0.330. The Labute approximate surface area is 183 Å². The van der Waals surface area contributed by atoms with Crippen molar-refractivity contribution in [1.82, 2.24) is 25.8 Å². The molecule has 1 fully saturated rings. The second kappa shape index (κ2) is 11.4. The largest absolute Gasteiger partial charge is 0.461 e. The normalized spacial score (nSPS) is 16.0. The van der Waals surface area contributed by atoms with E-state index in [2.05, 4.69) is 30.8 Å². The lowest BCUT2D eigenvalue weighted by Crippen LogP contribution is -2.44. The first-order valence-corrected chi connectivity index (χ1v) is 9.63. The molecule has 1 saturated carbocycles. The van der Waals surface area contributed by atoms with Gasteiger partial charge in [0, 0.05) is 40.3 Å². The van der Waals surface area contributed by atoms with Crippen molar-refractivity contribution in [3.8, 4) is 11.6 Å². The summed E-state index contributed by atoms with van der Waals surface area (Å²) in [5, 5.41) is 14.0. The van der Waals surface area contributed by atoms with Gasteiger partial charge in [0.25, 0.3) is 0 Å². The van der Waals surface area contributed by atoms with Gasteiger partial charge in [-0.05, 0) is 36.8 Å². The Balaban J connectivity index is 0.00000280. The third-order valence-corrected chi connectivity index (χ3v) is 5.28. The number of rotatable bonds is 9. The van der Waals surface area contributed by atoms with E-state index in [0.717, 1.165) is 44.3 Å². The Kier molecular flexibility index (Phi) is 9.23. The van der Waals surface area contributed by atoms with E-state index in [1.165, 1.54) is 25.7 Å². The van der Waals surface area contributed by atoms with E-state index in [-0.39, 0.29) is 24.0 Å². The van der Waals surface area contributed by atoms with Gasteiger partial charge in [-0.1, -0.05) is 12.8 Å². The fourth-order valence-corrected chi connectivity index (χ4v) is 3.67. The number of nitrogens with zero attached hydrogens (tertiary/aromatic N) is 3. The van der Waals surface area contributed by atoms with Gasteiger partial charge >= 0.3 is 0 Å². The van der Waals surface area contributed by atoms with Crippen LogP contribution in [-0.2, 0) is 11.2 Å². The summed E-state index contributed by atoms with van der Waals surface area (Å²) in [6.07, 6.45) is 8.57. The van der Waals surface area contributed by atoms with E-state index < -0.39 is 0 Å². The van der Waals surface area contributed by atoms with Crippen LogP contribution in [0.1, 0.15) is 37.9 Å². The molecule has 0 spiro atoms. The van der Waals surface area contributed by atoms with Crippen LogP contribution in [0, 0.1) is 5.41 Å². The summed E-state index contributed by atoms with van der Waals surface area (Å²) in [5.74, 6) is 2.89. The van der Waals surface area contributed by atoms with Crippen LogP contribution in [0.15, 0.2) is 27.8 Å². The van der Waals surface area contributed by atoms with Gasteiger partial charge in [0.2, 0.25) is 5.82 Å². The highest BCUT2D eigenvalue weighted by molar-refractivity contribution is 14.0. The predicted molar refractivity (Wildman–Crippen MR) is 120 cm³/mol. The highest BCUT2D eigenvalue weighted by Crippen LogP contribution is 2.40. The van der Waals surface area contributed by atoms with Gasteiger partial charge in [0.1, 0.15) is 5.82 Å². The first-order chi connectivity index (χ1) is 13.2. The van der Waals surface area contributed by atoms with Crippen molar-refractivity contribution in [2.24, 2.45) is 10.4 Å². The maximum atomic E-state index is 5.31. The quantitative estimate of drug-likeness (QED) is 0.277. The predicted octanol–water partition coefficient (Wildman–Crippen LogP) is 2.99. The minimum absolute atomic E-state index is 0. The third-order valence-electron chi connectivity index (χ3n) is 5.28. The lowest BCUT2D eigenvalue weighted by atomic mass is 9.83. The van der Waals surface area contributed by atoms with Crippen LogP contribution in [0.25, 0.3) is 11.6 Å². The number of guanidine groups is 1. The smallest absolute Gasteiger partial charge is 0.216 e. The molecule has 0 unspecified atom stereocenters. The fraction of sp³-hybridized carbons (Fsp3) is 0.632. The molecule has 0 atom stereocenters. The molecule has 9 heteroatoms. The average Bonchev–Trinajstić information content (AvgIpc) is 3.44. The van der Waals surface area contributed by atoms with Crippen LogP contribution in [0.2, 0.25) is 0 Å². The minimum Gasteiger partial charge on any atom is -0.461 e. The summed E-state index contributed by atoms with van der Waals surface area (Å²) in [6.45, 7) is 2.47. The Morgan fingerprint density at radius 3 is 2.86 bits per heavy atom. The number of hydrogen-bond donors (Lipinski definition) is 3. The van der Waals surface area contributed by atoms with Gasteiger partial charge < -0.3 is 19.8 Å². The van der Waals surface area contributed by atoms with Crippen LogP contribution in [-0.4, -0.2) is 55.0 Å². The number of ether oxygens (including phenoxy) is 1. The molecule has 0 amide bonds. The summed E-state index contributed by atoms with van der Waals surface area (Å²) in [6, 6.07) is 3.67. The molecule has 2 aromatic heterocycles. The average molecular weight is 502 g/mol. The standard InChI is InChI=1S/C19H30N6O2.HI/c1-20-18(22-14-19(10-13-26-2)8-3-4-9-19)21-11-7-16-23-17(25-24-16)15-6-5-12-27-15;/h5-6,12H,3-4,7-11,13-14H2,1-2H3,(H2,20,21,22)(H,23,24,25);1H. The molecule has 0 bridgehead atoms. The Morgan fingerprint density at radius 2 is 2.18 bits per heavy atom. The Hall–Kier alpha value is -1.62. The van der Waals surface area contributed by atoms with Gasteiger partial charge in [0.05, 0.1) is 6.26 Å². The van der Waals surface area contributed by atoms with Gasteiger partial charge in [-0.15, -0.1) is 24.0 Å². The number of methoxy groups -OCH3 is 1. The second-order valence-corrected chi connectivity index (χ2v) is 7.14. The number of nitrogens with one attached hydrogen (secondary N) is 3. The van der Waals surface area contributed by atoms with Crippen molar-refractivity contribution < 1.29 is 9.15 Å². The van der Waals surface area contributed by atoms with Gasteiger partial charge in [-0.25, -0.2) is 4.98 Å². The molecule has 0 radical (unpaired) electrons. The Bertz CT molecular complexity index is 710. The molecule has 0 aromatic carbocycles. The highest BCUT2D eigenvalue weighted by atomic mass is 127. The van der Waals surface area contributed by atoms with E-state index in [0.29, 0.717) is 17.0 Å². The van der Waals surface area contributed by atoms with E-state index in [4.69, 9.17) is 9.15 Å². The molecule has 0 saturated heterocycles. The number of aliphatic imine (C=N–C) groups is 1. The molecular formula is C19H31IN6O2. The molecule has 156 valence electrons. The number of aromatic nitrogens is 3. The highest BCUT2D eigenvalue weighted by Gasteiger charge is 2.33. The van der Waals surface area contributed by atoms with E-state index in [9.17, 15) is 0 Å². The zero-order chi connectivity index (χ0) is 19.0. The van der Waals surface area contributed by atoms with Crippen LogP contribution in [0.5, 0.6) is 0 Å². The molecule has 2 aromatic rings.